The molecule has 0 N–H and O–H groups in total. The first-order chi connectivity index (χ1) is 7.67. The Bertz CT molecular complexity index is 329. The Balaban J connectivity index is 2.45. The van der Waals surface area contributed by atoms with E-state index < -0.39 is 0 Å². The van der Waals surface area contributed by atoms with Gasteiger partial charge >= 0.3 is 0 Å². The van der Waals surface area contributed by atoms with Crippen LogP contribution in [-0.2, 0) is 0 Å². The molecule has 0 aliphatic rings. The highest BCUT2D eigenvalue weighted by atomic mass is 79.9. The van der Waals surface area contributed by atoms with Gasteiger partial charge in [-0.15, -0.1) is 0 Å². The van der Waals surface area contributed by atoms with Crippen molar-refractivity contribution in [1.29, 1.82) is 0 Å². The van der Waals surface area contributed by atoms with Crippen molar-refractivity contribution >= 4 is 15.9 Å². The Kier molecular flexibility index (Phi) is 5.77. The molecule has 0 spiro atoms. The van der Waals surface area contributed by atoms with Crippen molar-refractivity contribution in [3.05, 3.63) is 28.5 Å². The van der Waals surface area contributed by atoms with Crippen LogP contribution in [0.15, 0.2) is 22.7 Å². The van der Waals surface area contributed by atoms with E-state index in [0.717, 1.165) is 24.1 Å². The van der Waals surface area contributed by atoms with Crippen LogP contribution in [0.25, 0.3) is 0 Å². The van der Waals surface area contributed by atoms with Gasteiger partial charge in [-0.05, 0) is 31.3 Å². The van der Waals surface area contributed by atoms with Crippen LogP contribution in [0.1, 0.15) is 13.8 Å². The molecule has 0 aliphatic carbocycles. The quantitative estimate of drug-likeness (QED) is 0.797. The molecule has 0 saturated carbocycles. The lowest BCUT2D eigenvalue weighted by Gasteiger charge is -2.18. The van der Waals surface area contributed by atoms with Gasteiger partial charge < -0.3 is 9.64 Å². The van der Waals surface area contributed by atoms with Gasteiger partial charge in [0.25, 0.3) is 0 Å². The second-order valence-corrected chi connectivity index (χ2v) is 4.37. The summed E-state index contributed by atoms with van der Waals surface area (Å²) < 4.78 is 19.5. The predicted octanol–water partition coefficient (Wildman–Crippen LogP) is 3.31. The first-order valence-corrected chi connectivity index (χ1v) is 6.26. The molecule has 1 aromatic carbocycles. The van der Waals surface area contributed by atoms with Crippen LogP contribution >= 0.6 is 15.9 Å². The molecule has 0 amide bonds. The van der Waals surface area contributed by atoms with Gasteiger partial charge in [-0.3, -0.25) is 0 Å². The average molecular weight is 290 g/mol. The molecule has 16 heavy (non-hydrogen) atoms. The summed E-state index contributed by atoms with van der Waals surface area (Å²) in [5, 5.41) is 0. The summed E-state index contributed by atoms with van der Waals surface area (Å²) in [6.07, 6.45) is 0. The standard InChI is InChI=1S/C12H17BrFNO/c1-3-15(4-2)7-8-16-12-9-10(13)5-6-11(12)14/h5-6,9H,3-4,7-8H2,1-2H3. The normalized spacial score (nSPS) is 10.8. The number of hydrogen-bond donors (Lipinski definition) is 0. The minimum absolute atomic E-state index is 0.307. The third-order valence-corrected chi connectivity index (χ3v) is 2.95. The molecule has 0 saturated heterocycles. The molecular weight excluding hydrogens is 273 g/mol. The minimum atomic E-state index is -0.317. The van der Waals surface area contributed by atoms with Crippen molar-refractivity contribution in [2.45, 2.75) is 13.8 Å². The molecule has 0 aliphatic heterocycles. The van der Waals surface area contributed by atoms with E-state index in [1.54, 1.807) is 12.1 Å². The van der Waals surface area contributed by atoms with E-state index in [9.17, 15) is 4.39 Å². The summed E-state index contributed by atoms with van der Waals surface area (Å²) in [6.45, 7) is 7.50. The van der Waals surface area contributed by atoms with E-state index in [1.807, 2.05) is 0 Å². The lowest BCUT2D eigenvalue weighted by molar-refractivity contribution is 0.217. The maximum absolute atomic E-state index is 13.3. The predicted molar refractivity (Wildman–Crippen MR) is 67.4 cm³/mol. The molecular formula is C12H17BrFNO. The number of halogens is 2. The molecule has 0 radical (unpaired) electrons. The molecule has 0 aromatic heterocycles. The second-order valence-electron chi connectivity index (χ2n) is 3.45. The molecule has 0 unspecified atom stereocenters. The van der Waals surface area contributed by atoms with Gasteiger partial charge in [-0.2, -0.15) is 0 Å². The van der Waals surface area contributed by atoms with Gasteiger partial charge in [0.15, 0.2) is 11.6 Å². The number of hydrogen-bond acceptors (Lipinski definition) is 2. The zero-order chi connectivity index (χ0) is 12.0. The molecule has 0 heterocycles. The fourth-order valence-corrected chi connectivity index (χ4v) is 1.75. The first-order valence-electron chi connectivity index (χ1n) is 5.47. The van der Waals surface area contributed by atoms with Crippen LogP contribution in [0, 0.1) is 5.82 Å². The van der Waals surface area contributed by atoms with Gasteiger partial charge in [-0.25, -0.2) is 4.39 Å². The van der Waals surface area contributed by atoms with Crippen molar-refractivity contribution in [2.75, 3.05) is 26.2 Å². The Morgan fingerprint density at radius 2 is 2.00 bits per heavy atom. The van der Waals surface area contributed by atoms with Crippen LogP contribution in [0.2, 0.25) is 0 Å². The third kappa shape index (κ3) is 4.10. The van der Waals surface area contributed by atoms with Gasteiger partial charge in [0, 0.05) is 11.0 Å². The molecule has 90 valence electrons. The largest absolute Gasteiger partial charge is 0.489 e. The topological polar surface area (TPSA) is 12.5 Å². The Hall–Kier alpha value is -0.610. The molecule has 2 nitrogen and oxygen atoms in total. The molecule has 4 heteroatoms. The van der Waals surface area contributed by atoms with Gasteiger partial charge in [-0.1, -0.05) is 29.8 Å². The smallest absolute Gasteiger partial charge is 0.165 e. The number of ether oxygens (including phenoxy) is 1. The van der Waals surface area contributed by atoms with E-state index in [1.165, 1.54) is 6.07 Å². The Morgan fingerprint density at radius 1 is 1.31 bits per heavy atom. The highest BCUT2D eigenvalue weighted by Gasteiger charge is 2.05. The van der Waals surface area contributed by atoms with Crippen LogP contribution < -0.4 is 4.74 Å². The van der Waals surface area contributed by atoms with E-state index in [2.05, 4.69) is 34.7 Å². The lowest BCUT2D eigenvalue weighted by atomic mass is 10.3. The van der Waals surface area contributed by atoms with Crippen molar-refractivity contribution in [2.24, 2.45) is 0 Å². The van der Waals surface area contributed by atoms with E-state index in [4.69, 9.17) is 4.74 Å². The summed E-state index contributed by atoms with van der Waals surface area (Å²) in [7, 11) is 0. The molecule has 0 fully saturated rings. The molecule has 0 bridgehead atoms. The zero-order valence-electron chi connectivity index (χ0n) is 9.67. The molecule has 0 atom stereocenters. The number of likely N-dealkylation sites (N-methyl/N-ethyl adjacent to an activating group) is 1. The van der Waals surface area contributed by atoms with E-state index in [-0.39, 0.29) is 5.82 Å². The summed E-state index contributed by atoms with van der Waals surface area (Å²) in [5.74, 6) is -0.00993. The highest BCUT2D eigenvalue weighted by molar-refractivity contribution is 9.10. The Labute approximate surface area is 105 Å². The van der Waals surface area contributed by atoms with Crippen molar-refractivity contribution < 1.29 is 9.13 Å². The maximum Gasteiger partial charge on any atom is 0.165 e. The summed E-state index contributed by atoms with van der Waals surface area (Å²) in [6, 6.07) is 4.71. The molecule has 1 rings (SSSR count). The highest BCUT2D eigenvalue weighted by Crippen LogP contribution is 2.22. The van der Waals surface area contributed by atoms with Gasteiger partial charge in [0.2, 0.25) is 0 Å². The summed E-state index contributed by atoms with van der Waals surface area (Å²) >= 11 is 3.29. The number of rotatable bonds is 6. The van der Waals surface area contributed by atoms with Gasteiger partial charge in [0.1, 0.15) is 6.61 Å². The number of nitrogens with zero attached hydrogens (tertiary/aromatic N) is 1. The third-order valence-electron chi connectivity index (χ3n) is 2.45. The monoisotopic (exact) mass is 289 g/mol. The van der Waals surface area contributed by atoms with Crippen LogP contribution in [-0.4, -0.2) is 31.1 Å². The van der Waals surface area contributed by atoms with Crippen LogP contribution in [0.4, 0.5) is 4.39 Å². The van der Waals surface area contributed by atoms with E-state index >= 15 is 0 Å². The van der Waals surface area contributed by atoms with Crippen molar-refractivity contribution in [3.8, 4) is 5.75 Å². The molecule has 1 aromatic rings. The van der Waals surface area contributed by atoms with E-state index in [0.29, 0.717) is 12.4 Å². The Morgan fingerprint density at radius 3 is 2.62 bits per heavy atom. The first kappa shape index (κ1) is 13.5. The van der Waals surface area contributed by atoms with Gasteiger partial charge in [0.05, 0.1) is 0 Å². The van der Waals surface area contributed by atoms with Crippen LogP contribution in [0.5, 0.6) is 5.75 Å². The van der Waals surface area contributed by atoms with Crippen molar-refractivity contribution in [1.82, 2.24) is 4.90 Å². The SMILES string of the molecule is CCN(CC)CCOc1cc(Br)ccc1F. The fourth-order valence-electron chi connectivity index (χ4n) is 1.41. The fraction of sp³-hybridized carbons (Fsp3) is 0.500. The average Bonchev–Trinajstić information content (AvgIpc) is 2.29. The zero-order valence-corrected chi connectivity index (χ0v) is 11.3. The van der Waals surface area contributed by atoms with Crippen molar-refractivity contribution in [3.63, 3.8) is 0 Å². The second kappa shape index (κ2) is 6.86. The lowest BCUT2D eigenvalue weighted by Crippen LogP contribution is -2.28. The summed E-state index contributed by atoms with van der Waals surface area (Å²) in [4.78, 5) is 2.23. The number of benzene rings is 1. The maximum atomic E-state index is 13.3. The summed E-state index contributed by atoms with van der Waals surface area (Å²) in [5.41, 5.74) is 0. The van der Waals surface area contributed by atoms with Crippen LogP contribution in [0.3, 0.4) is 0 Å². The minimum Gasteiger partial charge on any atom is -0.489 e.